The molecule has 0 saturated heterocycles. The number of carbonyl (C=O) groups excluding carboxylic acids is 5. The van der Waals surface area contributed by atoms with Gasteiger partial charge in [0, 0.05) is 6.42 Å². The van der Waals surface area contributed by atoms with Crippen LogP contribution in [0.1, 0.15) is 18.9 Å². The minimum absolute atomic E-state index is 0.0144. The number of amides is 5. The first kappa shape index (κ1) is 32.5. The maximum Gasteiger partial charge on any atom is 0.322 e. The zero-order valence-electron chi connectivity index (χ0n) is 21.0. The van der Waals surface area contributed by atoms with E-state index in [1.165, 1.54) is 0 Å². The Morgan fingerprint density at radius 3 is 1.95 bits per heavy atom. The number of aliphatic hydroxyl groups excluding tert-OH is 1. The fourth-order valence-electron chi connectivity index (χ4n) is 3.14. The van der Waals surface area contributed by atoms with Gasteiger partial charge in [-0.2, -0.15) is 0 Å². The lowest BCUT2D eigenvalue weighted by atomic mass is 10.0. The van der Waals surface area contributed by atoms with Crippen LogP contribution < -0.4 is 32.3 Å². The van der Waals surface area contributed by atoms with Crippen molar-refractivity contribution < 1.29 is 48.9 Å². The SMILES string of the molecule is C[C@@H](O)[C@H](NC(=O)[C@H](Cc1ccccc1)NC(=O)CN)C(=O)N[C@@H](CC(=O)O)C(=O)NCC(=O)NCC(=O)O. The van der Waals surface area contributed by atoms with Crippen LogP contribution in [-0.4, -0.2) is 101 Å². The van der Waals surface area contributed by atoms with Gasteiger partial charge in [0.15, 0.2) is 0 Å². The van der Waals surface area contributed by atoms with Crippen LogP contribution in [0, 0.1) is 0 Å². The normalized spacial score (nSPS) is 13.5. The number of nitrogens with two attached hydrogens (primary N) is 1. The molecule has 5 amide bonds. The molecular formula is C23H32N6O10. The number of benzene rings is 1. The Hall–Kier alpha value is -4.57. The molecule has 16 heteroatoms. The molecule has 10 N–H and O–H groups in total. The van der Waals surface area contributed by atoms with Crippen molar-refractivity contribution in [3.8, 4) is 0 Å². The third-order valence-corrected chi connectivity index (χ3v) is 5.05. The molecule has 214 valence electrons. The molecule has 16 nitrogen and oxygen atoms in total. The average molecular weight is 553 g/mol. The van der Waals surface area contributed by atoms with E-state index in [1.807, 2.05) is 5.32 Å². The number of hydrogen-bond acceptors (Lipinski definition) is 9. The van der Waals surface area contributed by atoms with Crippen LogP contribution in [0.4, 0.5) is 0 Å². The number of carboxylic acids is 2. The van der Waals surface area contributed by atoms with E-state index in [2.05, 4.69) is 21.3 Å². The summed E-state index contributed by atoms with van der Waals surface area (Å²) in [5, 5.41) is 38.7. The first-order chi connectivity index (χ1) is 18.3. The van der Waals surface area contributed by atoms with Crippen molar-refractivity contribution in [1.29, 1.82) is 0 Å². The van der Waals surface area contributed by atoms with E-state index in [4.69, 9.17) is 15.9 Å². The second-order valence-corrected chi connectivity index (χ2v) is 8.29. The molecule has 0 fully saturated rings. The van der Waals surface area contributed by atoms with E-state index < -0.39 is 91.8 Å². The number of carboxylic acid groups (broad SMARTS) is 2. The first-order valence-corrected chi connectivity index (χ1v) is 11.6. The predicted octanol–water partition coefficient (Wildman–Crippen LogP) is -4.19. The van der Waals surface area contributed by atoms with E-state index in [9.17, 15) is 38.7 Å². The van der Waals surface area contributed by atoms with Gasteiger partial charge in [0.2, 0.25) is 29.5 Å². The third kappa shape index (κ3) is 12.5. The molecule has 0 unspecified atom stereocenters. The average Bonchev–Trinajstić information content (AvgIpc) is 2.88. The summed E-state index contributed by atoms with van der Waals surface area (Å²) in [7, 11) is 0. The van der Waals surface area contributed by atoms with Crippen molar-refractivity contribution in [2.75, 3.05) is 19.6 Å². The minimum atomic E-state index is -1.72. The molecule has 0 heterocycles. The second-order valence-electron chi connectivity index (χ2n) is 8.29. The molecule has 4 atom stereocenters. The van der Waals surface area contributed by atoms with Gasteiger partial charge in [0.1, 0.15) is 24.7 Å². The summed E-state index contributed by atoms with van der Waals surface area (Å²) in [5.41, 5.74) is 5.99. The summed E-state index contributed by atoms with van der Waals surface area (Å²) in [4.78, 5) is 83.5. The lowest BCUT2D eigenvalue weighted by molar-refractivity contribution is -0.142. The highest BCUT2D eigenvalue weighted by atomic mass is 16.4. The number of hydrogen-bond donors (Lipinski definition) is 9. The Morgan fingerprint density at radius 1 is 0.769 bits per heavy atom. The molecule has 39 heavy (non-hydrogen) atoms. The lowest BCUT2D eigenvalue weighted by Crippen LogP contribution is -2.60. The molecule has 1 aromatic rings. The molecule has 1 aromatic carbocycles. The lowest BCUT2D eigenvalue weighted by Gasteiger charge is -2.26. The molecular weight excluding hydrogens is 520 g/mol. The van der Waals surface area contributed by atoms with Gasteiger partial charge in [0.05, 0.1) is 25.6 Å². The van der Waals surface area contributed by atoms with E-state index in [0.29, 0.717) is 5.56 Å². The smallest absolute Gasteiger partial charge is 0.322 e. The van der Waals surface area contributed by atoms with Crippen LogP contribution in [0.3, 0.4) is 0 Å². The molecule has 0 bridgehead atoms. The molecule has 0 aliphatic heterocycles. The van der Waals surface area contributed by atoms with Crippen LogP contribution in [0.25, 0.3) is 0 Å². The number of aliphatic hydroxyl groups is 1. The summed E-state index contributed by atoms with van der Waals surface area (Å²) < 4.78 is 0. The highest BCUT2D eigenvalue weighted by Gasteiger charge is 2.33. The summed E-state index contributed by atoms with van der Waals surface area (Å²) in [6, 6.07) is 3.98. The molecule has 0 aromatic heterocycles. The first-order valence-electron chi connectivity index (χ1n) is 11.6. The number of nitrogens with one attached hydrogen (secondary N) is 5. The van der Waals surface area contributed by atoms with Gasteiger partial charge in [-0.25, -0.2) is 0 Å². The fraction of sp³-hybridized carbons (Fsp3) is 0.435. The number of aliphatic carboxylic acids is 2. The van der Waals surface area contributed by atoms with Gasteiger partial charge in [-0.1, -0.05) is 30.3 Å². The van der Waals surface area contributed by atoms with Crippen LogP contribution in [-0.2, 0) is 40.0 Å². The molecule has 0 radical (unpaired) electrons. The number of rotatable bonds is 16. The fourth-order valence-corrected chi connectivity index (χ4v) is 3.14. The van der Waals surface area contributed by atoms with Crippen molar-refractivity contribution in [2.45, 2.75) is 44.0 Å². The predicted molar refractivity (Wildman–Crippen MR) is 133 cm³/mol. The van der Waals surface area contributed by atoms with Crippen molar-refractivity contribution in [3.05, 3.63) is 35.9 Å². The zero-order valence-corrected chi connectivity index (χ0v) is 21.0. The van der Waals surface area contributed by atoms with E-state index >= 15 is 0 Å². The van der Waals surface area contributed by atoms with Crippen molar-refractivity contribution >= 4 is 41.5 Å². The van der Waals surface area contributed by atoms with E-state index in [1.54, 1.807) is 30.3 Å². The van der Waals surface area contributed by atoms with Crippen molar-refractivity contribution in [2.24, 2.45) is 5.73 Å². The third-order valence-electron chi connectivity index (χ3n) is 5.05. The molecule has 0 saturated carbocycles. The Kier molecular flexibility index (Phi) is 13.6. The molecule has 1 rings (SSSR count). The summed E-state index contributed by atoms with van der Waals surface area (Å²) >= 11 is 0. The summed E-state index contributed by atoms with van der Waals surface area (Å²) in [6.45, 7) is -0.680. The quantitative estimate of drug-likeness (QED) is 0.0949. The maximum atomic E-state index is 13.0. The summed E-state index contributed by atoms with van der Waals surface area (Å²) in [6.07, 6.45) is -2.43. The number of carbonyl (C=O) groups is 7. The Balaban J connectivity index is 2.97. The van der Waals surface area contributed by atoms with Gasteiger partial charge in [0.25, 0.3) is 0 Å². The highest BCUT2D eigenvalue weighted by molar-refractivity contribution is 5.96. The standard InChI is InChI=1S/C23H32N6O10/c1-12(30)20(29-22(38)14(27-16(31)9-24)7-13-5-3-2-4-6-13)23(39)28-15(8-18(33)34)21(37)26-10-17(32)25-11-19(35)36/h2-6,12,14-15,20,30H,7-11,24H2,1H3,(H,25,32)(H,26,37)(H,27,31)(H,28,39)(H,29,38)(H,33,34)(H,35,36)/t12-,14+,15+,20+/m1/s1. The Bertz CT molecular complexity index is 1050. The molecule has 0 aliphatic rings. The van der Waals surface area contributed by atoms with Crippen LogP contribution in [0.2, 0.25) is 0 Å². The van der Waals surface area contributed by atoms with Crippen LogP contribution in [0.5, 0.6) is 0 Å². The van der Waals surface area contributed by atoms with E-state index in [-0.39, 0.29) is 6.42 Å². The van der Waals surface area contributed by atoms with Crippen molar-refractivity contribution in [1.82, 2.24) is 26.6 Å². The maximum absolute atomic E-state index is 13.0. The second kappa shape index (κ2) is 16.3. The van der Waals surface area contributed by atoms with E-state index in [0.717, 1.165) is 6.92 Å². The zero-order chi connectivity index (χ0) is 29.5. The Labute approximate surface area is 222 Å². The molecule has 0 aliphatic carbocycles. The highest BCUT2D eigenvalue weighted by Crippen LogP contribution is 2.05. The minimum Gasteiger partial charge on any atom is -0.481 e. The van der Waals surface area contributed by atoms with Crippen molar-refractivity contribution in [3.63, 3.8) is 0 Å². The van der Waals surface area contributed by atoms with Gasteiger partial charge in [-0.05, 0) is 12.5 Å². The summed E-state index contributed by atoms with van der Waals surface area (Å²) in [5.74, 6) is -7.45. The van der Waals surface area contributed by atoms with Gasteiger partial charge >= 0.3 is 11.9 Å². The topological polar surface area (TPSA) is 266 Å². The van der Waals surface area contributed by atoms with Crippen LogP contribution >= 0.6 is 0 Å². The molecule has 0 spiro atoms. The largest absolute Gasteiger partial charge is 0.481 e. The van der Waals surface area contributed by atoms with Crippen LogP contribution in [0.15, 0.2) is 30.3 Å². The van der Waals surface area contributed by atoms with Gasteiger partial charge < -0.3 is 47.6 Å². The van der Waals surface area contributed by atoms with Gasteiger partial charge in [-0.3, -0.25) is 33.6 Å². The van der Waals surface area contributed by atoms with Gasteiger partial charge in [-0.15, -0.1) is 0 Å². The monoisotopic (exact) mass is 552 g/mol. The Morgan fingerprint density at radius 2 is 1.41 bits per heavy atom.